The van der Waals surface area contributed by atoms with E-state index < -0.39 is 0 Å². The molecule has 0 spiro atoms. The highest BCUT2D eigenvalue weighted by Gasteiger charge is 2.17. The van der Waals surface area contributed by atoms with Gasteiger partial charge in [0.2, 0.25) is 0 Å². The van der Waals surface area contributed by atoms with Crippen LogP contribution in [0.1, 0.15) is 49.3 Å². The fourth-order valence-corrected chi connectivity index (χ4v) is 2.40. The van der Waals surface area contributed by atoms with Crippen LogP contribution in [-0.4, -0.2) is 6.61 Å². The molecule has 1 aromatic carbocycles. The third-order valence-electron chi connectivity index (χ3n) is 3.17. The van der Waals surface area contributed by atoms with Gasteiger partial charge in [0, 0.05) is 10.6 Å². The van der Waals surface area contributed by atoms with Crippen molar-refractivity contribution in [1.82, 2.24) is 0 Å². The predicted molar refractivity (Wildman–Crippen MR) is 79.9 cm³/mol. The zero-order valence-corrected chi connectivity index (χ0v) is 12.6. The van der Waals surface area contributed by atoms with Crippen LogP contribution in [0, 0.1) is 13.8 Å². The van der Waals surface area contributed by atoms with Gasteiger partial charge in [-0.25, -0.2) is 0 Å². The van der Waals surface area contributed by atoms with Gasteiger partial charge in [-0.05, 0) is 49.8 Å². The average Bonchev–Trinajstić information content (AvgIpc) is 2.33. The molecule has 18 heavy (non-hydrogen) atoms. The summed E-state index contributed by atoms with van der Waals surface area (Å²) >= 11 is 6.35. The van der Waals surface area contributed by atoms with E-state index in [1.807, 2.05) is 13.0 Å². The van der Waals surface area contributed by atoms with E-state index in [4.69, 9.17) is 16.3 Å². The van der Waals surface area contributed by atoms with Crippen molar-refractivity contribution in [2.75, 3.05) is 6.61 Å². The topological polar surface area (TPSA) is 9.23 Å². The van der Waals surface area contributed by atoms with E-state index >= 15 is 0 Å². The second kappa shape index (κ2) is 6.84. The normalized spacial score (nSPS) is 12.3. The summed E-state index contributed by atoms with van der Waals surface area (Å²) in [5, 5.41) is 0.852. The number of benzene rings is 1. The highest BCUT2D eigenvalue weighted by atomic mass is 35.5. The third-order valence-corrected chi connectivity index (χ3v) is 3.75. The Kier molecular flexibility index (Phi) is 5.74. The molecule has 0 aliphatic rings. The zero-order valence-electron chi connectivity index (χ0n) is 11.8. The molecule has 1 nitrogen and oxygen atoms in total. The van der Waals surface area contributed by atoms with Gasteiger partial charge in [-0.15, -0.1) is 6.58 Å². The molecule has 2 heteroatoms. The highest BCUT2D eigenvalue weighted by Crippen LogP contribution is 2.37. The van der Waals surface area contributed by atoms with Gasteiger partial charge < -0.3 is 4.74 Å². The molecule has 0 fully saturated rings. The Balaban J connectivity index is 3.24. The first kappa shape index (κ1) is 15.1. The standard InChI is InChI=1S/C16H23ClO/c1-6-8-11(3)15-13(5)16(17)12(4)10-14(15)18-9-7-2/h6,10-11H,1,7-9H2,2-5H3. The van der Waals surface area contributed by atoms with Gasteiger partial charge in [0.05, 0.1) is 6.61 Å². The van der Waals surface area contributed by atoms with Gasteiger partial charge in [-0.2, -0.15) is 0 Å². The lowest BCUT2D eigenvalue weighted by Gasteiger charge is -2.20. The van der Waals surface area contributed by atoms with E-state index in [0.29, 0.717) is 5.92 Å². The molecule has 0 radical (unpaired) electrons. The Hall–Kier alpha value is -0.950. The minimum Gasteiger partial charge on any atom is -0.493 e. The first-order valence-electron chi connectivity index (χ1n) is 6.56. The van der Waals surface area contributed by atoms with E-state index in [1.54, 1.807) is 0 Å². The molecule has 0 saturated heterocycles. The fraction of sp³-hybridized carbons (Fsp3) is 0.500. The lowest BCUT2D eigenvalue weighted by Crippen LogP contribution is -2.05. The van der Waals surface area contributed by atoms with Gasteiger partial charge in [0.25, 0.3) is 0 Å². The summed E-state index contributed by atoms with van der Waals surface area (Å²) in [5.41, 5.74) is 3.44. The van der Waals surface area contributed by atoms with Crippen LogP contribution in [0.5, 0.6) is 5.75 Å². The Morgan fingerprint density at radius 3 is 2.67 bits per heavy atom. The number of ether oxygens (including phenoxy) is 1. The number of hydrogen-bond acceptors (Lipinski definition) is 1. The van der Waals surface area contributed by atoms with E-state index in [1.165, 1.54) is 5.56 Å². The van der Waals surface area contributed by atoms with Crippen molar-refractivity contribution < 1.29 is 4.74 Å². The molecule has 0 aliphatic carbocycles. The summed E-state index contributed by atoms with van der Waals surface area (Å²) in [6.45, 7) is 13.0. The molecule has 0 bridgehead atoms. The smallest absolute Gasteiger partial charge is 0.123 e. The Labute approximate surface area is 116 Å². The lowest BCUT2D eigenvalue weighted by molar-refractivity contribution is 0.312. The monoisotopic (exact) mass is 266 g/mol. The summed E-state index contributed by atoms with van der Waals surface area (Å²) < 4.78 is 5.88. The Morgan fingerprint density at radius 2 is 2.11 bits per heavy atom. The molecule has 100 valence electrons. The first-order valence-corrected chi connectivity index (χ1v) is 6.93. The van der Waals surface area contributed by atoms with Gasteiger partial charge in [0.1, 0.15) is 5.75 Å². The Bertz CT molecular complexity index is 424. The van der Waals surface area contributed by atoms with Gasteiger partial charge in [-0.1, -0.05) is 31.5 Å². The Morgan fingerprint density at radius 1 is 1.44 bits per heavy atom. The van der Waals surface area contributed by atoms with Crippen LogP contribution in [0.2, 0.25) is 5.02 Å². The molecule has 1 unspecified atom stereocenters. The van der Waals surface area contributed by atoms with Crippen LogP contribution in [-0.2, 0) is 0 Å². The van der Waals surface area contributed by atoms with Crippen LogP contribution in [0.25, 0.3) is 0 Å². The van der Waals surface area contributed by atoms with Crippen molar-refractivity contribution in [3.63, 3.8) is 0 Å². The lowest BCUT2D eigenvalue weighted by atomic mass is 9.91. The van der Waals surface area contributed by atoms with Crippen LogP contribution in [0.15, 0.2) is 18.7 Å². The van der Waals surface area contributed by atoms with Crippen molar-refractivity contribution in [2.45, 2.75) is 46.5 Å². The summed E-state index contributed by atoms with van der Waals surface area (Å²) in [5.74, 6) is 1.36. The number of halogens is 1. The molecule has 0 amide bonds. The van der Waals surface area contributed by atoms with Crippen molar-refractivity contribution in [2.24, 2.45) is 0 Å². The van der Waals surface area contributed by atoms with Gasteiger partial charge in [0.15, 0.2) is 0 Å². The van der Waals surface area contributed by atoms with E-state index in [0.717, 1.165) is 41.3 Å². The van der Waals surface area contributed by atoms with Crippen molar-refractivity contribution in [3.8, 4) is 5.75 Å². The quantitative estimate of drug-likeness (QED) is 0.624. The fourth-order valence-electron chi connectivity index (χ4n) is 2.25. The molecule has 0 aromatic heterocycles. The van der Waals surface area contributed by atoms with Crippen LogP contribution in [0.4, 0.5) is 0 Å². The minimum absolute atomic E-state index is 0.382. The second-order valence-corrected chi connectivity index (χ2v) is 5.20. The minimum atomic E-state index is 0.382. The first-order chi connectivity index (χ1) is 8.52. The number of rotatable bonds is 6. The number of aryl methyl sites for hydroxylation is 1. The van der Waals surface area contributed by atoms with Crippen molar-refractivity contribution in [1.29, 1.82) is 0 Å². The average molecular weight is 267 g/mol. The molecular formula is C16H23ClO. The van der Waals surface area contributed by atoms with Crippen LogP contribution >= 0.6 is 11.6 Å². The maximum absolute atomic E-state index is 6.35. The summed E-state index contributed by atoms with van der Waals surface area (Å²) in [6, 6.07) is 2.06. The molecular weight excluding hydrogens is 244 g/mol. The maximum atomic E-state index is 6.35. The molecule has 1 rings (SSSR count). The predicted octanol–water partition coefficient (Wildman–Crippen LogP) is 5.43. The van der Waals surface area contributed by atoms with Gasteiger partial charge in [-0.3, -0.25) is 0 Å². The zero-order chi connectivity index (χ0) is 13.7. The third kappa shape index (κ3) is 3.29. The molecule has 0 aliphatic heterocycles. The molecule has 0 heterocycles. The van der Waals surface area contributed by atoms with E-state index in [9.17, 15) is 0 Å². The molecule has 1 aromatic rings. The van der Waals surface area contributed by atoms with E-state index in [-0.39, 0.29) is 0 Å². The van der Waals surface area contributed by atoms with Crippen LogP contribution < -0.4 is 4.74 Å². The van der Waals surface area contributed by atoms with Crippen molar-refractivity contribution >= 4 is 11.6 Å². The molecule has 0 saturated carbocycles. The largest absolute Gasteiger partial charge is 0.493 e. The molecule has 1 atom stereocenters. The highest BCUT2D eigenvalue weighted by molar-refractivity contribution is 6.32. The van der Waals surface area contributed by atoms with Crippen LogP contribution in [0.3, 0.4) is 0 Å². The summed E-state index contributed by atoms with van der Waals surface area (Å²) in [6.07, 6.45) is 3.89. The SMILES string of the molecule is C=CCC(C)c1c(OCCC)cc(C)c(Cl)c1C. The number of hydrogen-bond donors (Lipinski definition) is 0. The number of allylic oxidation sites excluding steroid dienone is 1. The van der Waals surface area contributed by atoms with Crippen molar-refractivity contribution in [3.05, 3.63) is 40.4 Å². The van der Waals surface area contributed by atoms with Gasteiger partial charge >= 0.3 is 0 Å². The summed E-state index contributed by atoms with van der Waals surface area (Å²) in [7, 11) is 0. The molecule has 0 N–H and O–H groups in total. The summed E-state index contributed by atoms with van der Waals surface area (Å²) in [4.78, 5) is 0. The van der Waals surface area contributed by atoms with E-state index in [2.05, 4.69) is 33.4 Å². The second-order valence-electron chi connectivity index (χ2n) is 4.82. The maximum Gasteiger partial charge on any atom is 0.123 e.